The lowest BCUT2D eigenvalue weighted by Crippen LogP contribution is -2.58. The van der Waals surface area contributed by atoms with E-state index in [2.05, 4.69) is 6.07 Å². The molecule has 8 nitrogen and oxygen atoms in total. The van der Waals surface area contributed by atoms with E-state index in [9.17, 15) is 18.3 Å². The van der Waals surface area contributed by atoms with Gasteiger partial charge in [-0.3, -0.25) is 4.79 Å². The van der Waals surface area contributed by atoms with Gasteiger partial charge >= 0.3 is 5.97 Å². The number of carbonyl (C=O) groups is 1. The molecule has 2 aromatic rings. The highest BCUT2D eigenvalue weighted by molar-refractivity contribution is 7.91. The summed E-state index contributed by atoms with van der Waals surface area (Å²) in [5.74, 6) is 0.870. The largest absolute Gasteiger partial charge is 0.490 e. The molecule has 2 saturated heterocycles. The molecule has 2 fully saturated rings. The minimum absolute atomic E-state index is 0.0301. The summed E-state index contributed by atoms with van der Waals surface area (Å²) in [6, 6.07) is 13.4. The number of piperidine rings is 1. The summed E-state index contributed by atoms with van der Waals surface area (Å²) < 4.78 is 43.2. The third-order valence-corrected chi connectivity index (χ3v) is 9.10. The second-order valence-electron chi connectivity index (χ2n) is 9.03. The molecular weight excluding hydrogens is 458 g/mol. The topological polar surface area (TPSA) is 102 Å². The van der Waals surface area contributed by atoms with Crippen LogP contribution in [0.5, 0.6) is 17.2 Å². The van der Waals surface area contributed by atoms with E-state index in [1.54, 1.807) is 0 Å². The fraction of sp³-hybridized carbons (Fsp3) is 0.480. The van der Waals surface area contributed by atoms with E-state index in [0.717, 1.165) is 16.9 Å². The van der Waals surface area contributed by atoms with E-state index < -0.39 is 20.7 Å². The normalized spacial score (nSPS) is 19.5. The highest BCUT2D eigenvalue weighted by atomic mass is 32.2. The molecule has 1 N–H and O–H groups in total. The molecule has 0 atom stereocenters. The van der Waals surface area contributed by atoms with Gasteiger partial charge in [-0.1, -0.05) is 6.07 Å². The van der Waals surface area contributed by atoms with Crippen molar-refractivity contribution in [2.75, 3.05) is 26.3 Å². The van der Waals surface area contributed by atoms with Crippen LogP contribution in [-0.4, -0.2) is 61.0 Å². The first-order valence-corrected chi connectivity index (χ1v) is 13.0. The Balaban J connectivity index is 1.34. The fourth-order valence-electron chi connectivity index (χ4n) is 4.63. The Morgan fingerprint density at radius 2 is 1.53 bits per heavy atom. The first-order chi connectivity index (χ1) is 16.2. The lowest BCUT2D eigenvalue weighted by molar-refractivity contribution is -0.142. The summed E-state index contributed by atoms with van der Waals surface area (Å²) in [7, 11) is -4.00. The summed E-state index contributed by atoms with van der Waals surface area (Å²) in [6.45, 7) is 4.78. The number of nitrogens with zero attached hydrogens (tertiary/aromatic N) is 1. The lowest BCUT2D eigenvalue weighted by Gasteiger charge is -2.39. The first-order valence-electron chi connectivity index (χ1n) is 11.5. The van der Waals surface area contributed by atoms with Gasteiger partial charge in [0, 0.05) is 39.1 Å². The zero-order chi connectivity index (χ0) is 24.3. The highest BCUT2D eigenvalue weighted by Crippen LogP contribution is 2.35. The minimum Gasteiger partial charge on any atom is -0.490 e. The zero-order valence-corrected chi connectivity index (χ0v) is 20.3. The summed E-state index contributed by atoms with van der Waals surface area (Å²) in [6.07, 6.45) is 0.779. The van der Waals surface area contributed by atoms with Crippen LogP contribution in [0.1, 0.15) is 36.8 Å². The smallest absolute Gasteiger partial charge is 0.326 e. The van der Waals surface area contributed by atoms with Crippen molar-refractivity contribution in [3.8, 4) is 17.2 Å². The first kappa shape index (κ1) is 24.5. The Kier molecular flexibility index (Phi) is 7.16. The number of benzene rings is 2. The monoisotopic (exact) mass is 489 g/mol. The van der Waals surface area contributed by atoms with Crippen LogP contribution in [0.4, 0.5) is 0 Å². The lowest BCUT2D eigenvalue weighted by atomic mass is 9.99. The van der Waals surface area contributed by atoms with Gasteiger partial charge in [0.2, 0.25) is 10.0 Å². The van der Waals surface area contributed by atoms with Gasteiger partial charge in [-0.15, -0.1) is 0 Å². The molecule has 2 heterocycles. The minimum atomic E-state index is -4.00. The Hall–Kier alpha value is -2.62. The third kappa shape index (κ3) is 5.06. The van der Waals surface area contributed by atoms with E-state index in [1.165, 1.54) is 4.31 Å². The average Bonchev–Trinajstić information content (AvgIpc) is 2.80. The molecule has 2 aliphatic rings. The van der Waals surface area contributed by atoms with Crippen LogP contribution in [0.25, 0.3) is 0 Å². The van der Waals surface area contributed by atoms with E-state index in [-0.39, 0.29) is 45.2 Å². The van der Waals surface area contributed by atoms with Gasteiger partial charge in [0.15, 0.2) is 4.75 Å². The SMILES string of the molecule is Cc1cc(C)cc(Oc2ccc(OC3CCN(S(=O)(=O)C4(C(=O)O)CCOCC4)CC3)cc2)c1. The maximum atomic E-state index is 13.2. The van der Waals surface area contributed by atoms with Gasteiger partial charge in [0.05, 0.1) is 0 Å². The molecule has 9 heteroatoms. The van der Waals surface area contributed by atoms with E-state index in [4.69, 9.17) is 14.2 Å². The molecule has 0 saturated carbocycles. The van der Waals surface area contributed by atoms with E-state index in [1.807, 2.05) is 50.2 Å². The Labute approximate surface area is 200 Å². The van der Waals surface area contributed by atoms with E-state index >= 15 is 0 Å². The van der Waals surface area contributed by atoms with Gasteiger partial charge in [-0.25, -0.2) is 12.7 Å². The molecule has 0 unspecified atom stereocenters. The standard InChI is InChI=1S/C25H31NO7S/c1-18-15-19(2)17-23(16-18)33-21-5-3-20(4-6-21)32-22-7-11-26(12-8-22)34(29,30)25(24(27)28)9-13-31-14-10-25/h3-6,15-17,22H,7-14H2,1-2H3,(H,27,28). The van der Waals surface area contributed by atoms with Crippen LogP contribution < -0.4 is 9.47 Å². The number of rotatable bonds is 7. The van der Waals surface area contributed by atoms with E-state index in [0.29, 0.717) is 24.3 Å². The second kappa shape index (κ2) is 9.93. The molecule has 0 spiro atoms. The van der Waals surface area contributed by atoms with Gasteiger partial charge in [0.1, 0.15) is 23.4 Å². The molecule has 0 bridgehead atoms. The number of carboxylic acid groups (broad SMARTS) is 1. The Bertz CT molecular complexity index is 1100. The quantitative estimate of drug-likeness (QED) is 0.629. The molecule has 184 valence electrons. The van der Waals surface area contributed by atoms with Crippen molar-refractivity contribution in [1.29, 1.82) is 0 Å². The molecule has 0 aliphatic carbocycles. The van der Waals surface area contributed by atoms with Gasteiger partial charge in [-0.05, 0) is 74.2 Å². The Morgan fingerprint density at radius 3 is 2.09 bits per heavy atom. The van der Waals surface area contributed by atoms with Crippen LogP contribution in [0.2, 0.25) is 0 Å². The molecule has 2 aliphatic heterocycles. The van der Waals surface area contributed by atoms with Crippen molar-refractivity contribution in [2.24, 2.45) is 0 Å². The van der Waals surface area contributed by atoms with Crippen molar-refractivity contribution in [2.45, 2.75) is 50.4 Å². The summed E-state index contributed by atoms with van der Waals surface area (Å²) in [4.78, 5) is 12.0. The maximum Gasteiger partial charge on any atom is 0.326 e. The number of carboxylic acids is 1. The van der Waals surface area contributed by atoms with Crippen LogP contribution in [-0.2, 0) is 19.6 Å². The maximum absolute atomic E-state index is 13.2. The van der Waals surface area contributed by atoms with Crippen molar-refractivity contribution in [1.82, 2.24) is 4.31 Å². The molecular formula is C25H31NO7S. The summed E-state index contributed by atoms with van der Waals surface area (Å²) in [5, 5.41) is 9.75. The summed E-state index contributed by atoms with van der Waals surface area (Å²) in [5.41, 5.74) is 2.27. The number of ether oxygens (including phenoxy) is 3. The Morgan fingerprint density at radius 1 is 0.971 bits per heavy atom. The predicted octanol–water partition coefficient (Wildman–Crippen LogP) is 3.90. The van der Waals surface area contributed by atoms with Crippen LogP contribution in [0.3, 0.4) is 0 Å². The highest BCUT2D eigenvalue weighted by Gasteiger charge is 2.54. The van der Waals surface area contributed by atoms with Gasteiger partial charge in [-0.2, -0.15) is 0 Å². The number of hydrogen-bond donors (Lipinski definition) is 1. The molecule has 4 rings (SSSR count). The van der Waals surface area contributed by atoms with Crippen LogP contribution >= 0.6 is 0 Å². The molecule has 34 heavy (non-hydrogen) atoms. The van der Waals surface area contributed by atoms with Gasteiger partial charge < -0.3 is 19.3 Å². The molecule has 2 aromatic carbocycles. The predicted molar refractivity (Wildman–Crippen MR) is 127 cm³/mol. The number of aliphatic carboxylic acids is 1. The fourth-order valence-corrected chi connectivity index (χ4v) is 6.72. The third-order valence-electron chi connectivity index (χ3n) is 6.48. The molecule has 0 amide bonds. The van der Waals surface area contributed by atoms with Crippen LogP contribution in [0, 0.1) is 13.8 Å². The number of aryl methyl sites for hydroxylation is 2. The zero-order valence-electron chi connectivity index (χ0n) is 19.5. The van der Waals surface area contributed by atoms with Gasteiger partial charge in [0.25, 0.3) is 0 Å². The molecule has 0 radical (unpaired) electrons. The van der Waals surface area contributed by atoms with Crippen molar-refractivity contribution in [3.05, 3.63) is 53.6 Å². The number of sulfonamides is 1. The number of hydrogen-bond acceptors (Lipinski definition) is 6. The van der Waals surface area contributed by atoms with Crippen molar-refractivity contribution in [3.63, 3.8) is 0 Å². The summed E-state index contributed by atoms with van der Waals surface area (Å²) >= 11 is 0. The van der Waals surface area contributed by atoms with Crippen molar-refractivity contribution < 1.29 is 32.5 Å². The second-order valence-corrected chi connectivity index (χ2v) is 11.3. The average molecular weight is 490 g/mol. The molecule has 0 aromatic heterocycles. The van der Waals surface area contributed by atoms with Crippen LogP contribution in [0.15, 0.2) is 42.5 Å². The van der Waals surface area contributed by atoms with Crippen molar-refractivity contribution >= 4 is 16.0 Å².